The van der Waals surface area contributed by atoms with Gasteiger partial charge >= 0.3 is 0 Å². The molecule has 0 spiro atoms. The van der Waals surface area contributed by atoms with Gasteiger partial charge in [0, 0.05) is 19.1 Å². The number of hydrogen-bond acceptors (Lipinski definition) is 3. The van der Waals surface area contributed by atoms with E-state index < -0.39 is 0 Å². The van der Waals surface area contributed by atoms with Crippen LogP contribution in [0, 0.1) is 5.92 Å². The Morgan fingerprint density at radius 2 is 1.75 bits per heavy atom. The van der Waals surface area contributed by atoms with Gasteiger partial charge in [0.1, 0.15) is 0 Å². The number of amides is 1. The molecule has 0 aromatic carbocycles. The van der Waals surface area contributed by atoms with Crippen LogP contribution in [0.15, 0.2) is 0 Å². The smallest absolute Gasteiger partial charge is 0.236 e. The lowest BCUT2D eigenvalue weighted by Crippen LogP contribution is -2.48. The summed E-state index contributed by atoms with van der Waals surface area (Å²) >= 11 is 0. The molecule has 0 aromatic heterocycles. The second-order valence-corrected chi connectivity index (χ2v) is 6.14. The van der Waals surface area contributed by atoms with Crippen molar-refractivity contribution >= 4 is 5.91 Å². The first-order valence-electron chi connectivity index (χ1n) is 8.32. The molecule has 0 aromatic rings. The van der Waals surface area contributed by atoms with Crippen LogP contribution in [0.5, 0.6) is 0 Å². The molecule has 0 bridgehead atoms. The van der Waals surface area contributed by atoms with E-state index in [1.165, 1.54) is 25.7 Å². The summed E-state index contributed by atoms with van der Waals surface area (Å²) in [7, 11) is 2.09. The third kappa shape index (κ3) is 5.06. The van der Waals surface area contributed by atoms with Crippen LogP contribution < -0.4 is 5.73 Å². The molecule has 0 radical (unpaired) electrons. The van der Waals surface area contributed by atoms with Gasteiger partial charge in [0.25, 0.3) is 0 Å². The van der Waals surface area contributed by atoms with E-state index >= 15 is 0 Å². The second-order valence-electron chi connectivity index (χ2n) is 6.14. The van der Waals surface area contributed by atoms with Crippen LogP contribution in [0.4, 0.5) is 0 Å². The number of nitrogens with zero attached hydrogens (tertiary/aromatic N) is 2. The van der Waals surface area contributed by atoms with E-state index in [1.54, 1.807) is 0 Å². The molecule has 20 heavy (non-hydrogen) atoms. The number of nitrogens with two attached hydrogens (primary N) is 1. The van der Waals surface area contributed by atoms with Crippen molar-refractivity contribution in [2.75, 3.05) is 33.2 Å². The van der Waals surface area contributed by atoms with E-state index in [9.17, 15) is 4.79 Å². The number of carbonyl (C=O) groups excluding carboxylic acids is 1. The molecule has 2 atom stereocenters. The summed E-state index contributed by atoms with van der Waals surface area (Å²) in [6.07, 6.45) is 7.03. The molecule has 4 nitrogen and oxygen atoms in total. The van der Waals surface area contributed by atoms with E-state index in [1.807, 2.05) is 4.90 Å². The number of rotatable bonds is 8. The highest BCUT2D eigenvalue weighted by Crippen LogP contribution is 2.27. The van der Waals surface area contributed by atoms with Crippen molar-refractivity contribution in [3.63, 3.8) is 0 Å². The van der Waals surface area contributed by atoms with E-state index in [2.05, 4.69) is 25.8 Å². The maximum atomic E-state index is 12.4. The SMILES string of the molecule is CCCN(CCC)C(=O)CN(C)C1CCCCC1CN. The van der Waals surface area contributed by atoms with Gasteiger partial charge in [-0.25, -0.2) is 0 Å². The maximum Gasteiger partial charge on any atom is 0.236 e. The quantitative estimate of drug-likeness (QED) is 0.742. The molecule has 1 aliphatic carbocycles. The van der Waals surface area contributed by atoms with Crippen LogP contribution in [0.1, 0.15) is 52.4 Å². The number of likely N-dealkylation sites (N-methyl/N-ethyl adjacent to an activating group) is 1. The minimum Gasteiger partial charge on any atom is -0.342 e. The summed E-state index contributed by atoms with van der Waals surface area (Å²) in [6, 6.07) is 0.489. The van der Waals surface area contributed by atoms with Crippen LogP contribution in [0.3, 0.4) is 0 Å². The lowest BCUT2D eigenvalue weighted by Gasteiger charge is -2.38. The lowest BCUT2D eigenvalue weighted by atomic mass is 9.84. The van der Waals surface area contributed by atoms with Crippen molar-refractivity contribution in [3.05, 3.63) is 0 Å². The van der Waals surface area contributed by atoms with Crippen LogP contribution in [-0.2, 0) is 4.79 Å². The van der Waals surface area contributed by atoms with Gasteiger partial charge in [0.15, 0.2) is 0 Å². The van der Waals surface area contributed by atoms with Crippen LogP contribution in [0.25, 0.3) is 0 Å². The van der Waals surface area contributed by atoms with Crippen molar-refractivity contribution in [1.82, 2.24) is 9.80 Å². The minimum absolute atomic E-state index is 0.276. The molecule has 2 N–H and O–H groups in total. The van der Waals surface area contributed by atoms with Gasteiger partial charge in [0.05, 0.1) is 6.54 Å². The van der Waals surface area contributed by atoms with E-state index in [-0.39, 0.29) is 5.91 Å². The van der Waals surface area contributed by atoms with Crippen LogP contribution in [-0.4, -0.2) is 55.0 Å². The largest absolute Gasteiger partial charge is 0.342 e. The third-order valence-electron chi connectivity index (χ3n) is 4.46. The van der Waals surface area contributed by atoms with E-state index in [0.717, 1.165) is 32.5 Å². The summed E-state index contributed by atoms with van der Waals surface area (Å²) in [4.78, 5) is 16.7. The Hall–Kier alpha value is -0.610. The molecule has 2 unspecified atom stereocenters. The Morgan fingerprint density at radius 1 is 1.15 bits per heavy atom. The van der Waals surface area contributed by atoms with Crippen molar-refractivity contribution in [3.8, 4) is 0 Å². The standard InChI is InChI=1S/C16H33N3O/c1-4-10-19(11-5-2)16(20)13-18(3)15-9-7-6-8-14(15)12-17/h14-15H,4-13,17H2,1-3H3. The summed E-state index contributed by atoms with van der Waals surface area (Å²) < 4.78 is 0. The van der Waals surface area contributed by atoms with Gasteiger partial charge in [-0.05, 0) is 45.2 Å². The molecule has 118 valence electrons. The van der Waals surface area contributed by atoms with Gasteiger partial charge in [-0.15, -0.1) is 0 Å². The molecule has 1 aliphatic rings. The first kappa shape index (κ1) is 17.4. The average molecular weight is 283 g/mol. The highest BCUT2D eigenvalue weighted by Gasteiger charge is 2.28. The molecule has 1 amide bonds. The Morgan fingerprint density at radius 3 is 2.30 bits per heavy atom. The molecular weight excluding hydrogens is 250 g/mol. The summed E-state index contributed by atoms with van der Waals surface area (Å²) in [5.74, 6) is 0.838. The van der Waals surface area contributed by atoms with Crippen LogP contribution in [0.2, 0.25) is 0 Å². The van der Waals surface area contributed by atoms with E-state index in [4.69, 9.17) is 5.73 Å². The Bertz CT molecular complexity index is 277. The van der Waals surface area contributed by atoms with Crippen LogP contribution >= 0.6 is 0 Å². The fourth-order valence-corrected chi connectivity index (χ4v) is 3.37. The zero-order valence-electron chi connectivity index (χ0n) is 13.6. The molecule has 0 heterocycles. The molecule has 1 fully saturated rings. The maximum absolute atomic E-state index is 12.4. The molecule has 1 saturated carbocycles. The second kappa shape index (κ2) is 9.35. The lowest BCUT2D eigenvalue weighted by molar-refractivity contribution is -0.133. The normalized spacial score (nSPS) is 23.1. The predicted octanol–water partition coefficient (Wildman–Crippen LogP) is 2.08. The zero-order chi connectivity index (χ0) is 15.0. The molecular formula is C16H33N3O. The predicted molar refractivity (Wildman–Crippen MR) is 84.6 cm³/mol. The fourth-order valence-electron chi connectivity index (χ4n) is 3.37. The number of carbonyl (C=O) groups is 1. The van der Waals surface area contributed by atoms with Gasteiger partial charge in [0.2, 0.25) is 5.91 Å². The molecule has 4 heteroatoms. The summed E-state index contributed by atoms with van der Waals surface area (Å²) in [6.45, 7) is 7.31. The first-order chi connectivity index (χ1) is 9.63. The summed E-state index contributed by atoms with van der Waals surface area (Å²) in [5, 5.41) is 0. The van der Waals surface area contributed by atoms with Gasteiger partial charge in [-0.1, -0.05) is 26.7 Å². The van der Waals surface area contributed by atoms with Crippen molar-refractivity contribution < 1.29 is 4.79 Å². The monoisotopic (exact) mass is 283 g/mol. The molecule has 1 rings (SSSR count). The molecule has 0 aliphatic heterocycles. The highest BCUT2D eigenvalue weighted by atomic mass is 16.2. The Labute approximate surface area is 124 Å². The Kier molecular flexibility index (Phi) is 8.15. The first-order valence-corrected chi connectivity index (χ1v) is 8.32. The Balaban J connectivity index is 2.53. The number of hydrogen-bond donors (Lipinski definition) is 1. The van der Waals surface area contributed by atoms with Gasteiger partial charge < -0.3 is 10.6 Å². The highest BCUT2D eigenvalue weighted by molar-refractivity contribution is 5.78. The topological polar surface area (TPSA) is 49.6 Å². The summed E-state index contributed by atoms with van der Waals surface area (Å²) in [5.41, 5.74) is 5.90. The van der Waals surface area contributed by atoms with Gasteiger partial charge in [-0.3, -0.25) is 9.69 Å². The zero-order valence-corrected chi connectivity index (χ0v) is 13.6. The van der Waals surface area contributed by atoms with Crippen molar-refractivity contribution in [2.24, 2.45) is 11.7 Å². The minimum atomic E-state index is 0.276. The fraction of sp³-hybridized carbons (Fsp3) is 0.938. The van der Waals surface area contributed by atoms with E-state index in [0.29, 0.717) is 18.5 Å². The average Bonchev–Trinajstić information content (AvgIpc) is 2.46. The van der Waals surface area contributed by atoms with Crippen molar-refractivity contribution in [1.29, 1.82) is 0 Å². The molecule has 0 saturated heterocycles. The van der Waals surface area contributed by atoms with Crippen molar-refractivity contribution in [2.45, 2.75) is 58.4 Å². The van der Waals surface area contributed by atoms with Gasteiger partial charge in [-0.2, -0.15) is 0 Å². The third-order valence-corrected chi connectivity index (χ3v) is 4.46.